The fourth-order valence-electron chi connectivity index (χ4n) is 0.857. The van der Waals surface area contributed by atoms with E-state index in [1.165, 1.54) is 11.3 Å². The van der Waals surface area contributed by atoms with Crippen molar-refractivity contribution < 1.29 is 9.53 Å². The third-order valence-corrected chi connectivity index (χ3v) is 2.98. The van der Waals surface area contributed by atoms with Crippen LogP contribution in [-0.4, -0.2) is 26.2 Å². The number of carbonyl (C=O) groups is 1. The van der Waals surface area contributed by atoms with Crippen LogP contribution in [0.25, 0.3) is 0 Å². The van der Waals surface area contributed by atoms with Gasteiger partial charge in [-0.15, -0.1) is 11.3 Å². The number of nitrogens with one attached hydrogen (secondary N) is 1. The third kappa shape index (κ3) is 3.13. The van der Waals surface area contributed by atoms with Gasteiger partial charge in [-0.3, -0.25) is 4.79 Å². The van der Waals surface area contributed by atoms with E-state index in [0.717, 1.165) is 0 Å². The maximum atomic E-state index is 11.5. The van der Waals surface area contributed by atoms with E-state index in [9.17, 15) is 4.79 Å². The summed E-state index contributed by atoms with van der Waals surface area (Å²) in [5.74, 6) is -0.227. The Morgan fingerprint density at radius 3 is 2.86 bits per heavy atom. The summed E-state index contributed by atoms with van der Waals surface area (Å²) in [5, 5.41) is 2.65. The Hall–Kier alpha value is -0.290. The Bertz CT molecular complexity index is 327. The Morgan fingerprint density at radius 2 is 2.36 bits per heavy atom. The van der Waals surface area contributed by atoms with Gasteiger partial charge in [-0.05, 0) is 6.07 Å². The minimum Gasteiger partial charge on any atom is -0.383 e. The molecule has 6 heteroatoms. The highest BCUT2D eigenvalue weighted by atomic mass is 35.5. The van der Waals surface area contributed by atoms with Crippen LogP contribution in [0.3, 0.4) is 0 Å². The fraction of sp³-hybridized carbons (Fsp3) is 0.375. The topological polar surface area (TPSA) is 38.3 Å². The SMILES string of the molecule is COCCNC(=O)c1cc(Cl)sc1Cl. The second kappa shape index (κ2) is 5.56. The second-order valence-electron chi connectivity index (χ2n) is 2.49. The van der Waals surface area contributed by atoms with Crippen molar-refractivity contribution >= 4 is 40.4 Å². The summed E-state index contributed by atoms with van der Waals surface area (Å²) in [4.78, 5) is 11.5. The van der Waals surface area contributed by atoms with Gasteiger partial charge in [0.05, 0.1) is 16.5 Å². The largest absolute Gasteiger partial charge is 0.383 e. The molecule has 0 fully saturated rings. The van der Waals surface area contributed by atoms with Gasteiger partial charge < -0.3 is 10.1 Å². The van der Waals surface area contributed by atoms with Crippen LogP contribution in [0.1, 0.15) is 10.4 Å². The van der Waals surface area contributed by atoms with Gasteiger partial charge in [0.25, 0.3) is 5.91 Å². The minimum absolute atomic E-state index is 0.227. The summed E-state index contributed by atoms with van der Waals surface area (Å²) in [5.41, 5.74) is 0.415. The number of hydrogen-bond donors (Lipinski definition) is 1. The van der Waals surface area contributed by atoms with Crippen molar-refractivity contribution in [3.05, 3.63) is 20.3 Å². The molecule has 1 rings (SSSR count). The molecule has 1 aromatic heterocycles. The first-order valence-electron chi connectivity index (χ1n) is 3.87. The number of hydrogen-bond acceptors (Lipinski definition) is 3. The molecule has 1 heterocycles. The molecule has 78 valence electrons. The Morgan fingerprint density at radius 1 is 1.64 bits per heavy atom. The number of amides is 1. The molecule has 0 atom stereocenters. The average Bonchev–Trinajstić information content (AvgIpc) is 2.45. The van der Waals surface area contributed by atoms with Gasteiger partial charge in [0.15, 0.2) is 0 Å². The summed E-state index contributed by atoms with van der Waals surface area (Å²) >= 11 is 12.7. The van der Waals surface area contributed by atoms with Crippen LogP contribution < -0.4 is 5.32 Å². The highest BCUT2D eigenvalue weighted by Gasteiger charge is 2.13. The van der Waals surface area contributed by atoms with Gasteiger partial charge in [-0.1, -0.05) is 23.2 Å². The lowest BCUT2D eigenvalue weighted by atomic mass is 10.3. The molecule has 14 heavy (non-hydrogen) atoms. The Labute approximate surface area is 96.0 Å². The molecule has 0 aliphatic carbocycles. The van der Waals surface area contributed by atoms with Crippen LogP contribution in [0.4, 0.5) is 0 Å². The molecule has 3 nitrogen and oxygen atoms in total. The molecule has 0 aliphatic heterocycles. The van der Waals surface area contributed by atoms with Gasteiger partial charge in [0.1, 0.15) is 4.34 Å². The monoisotopic (exact) mass is 253 g/mol. The molecular weight excluding hydrogens is 245 g/mol. The second-order valence-corrected chi connectivity index (χ2v) is 4.77. The normalized spacial score (nSPS) is 10.2. The summed E-state index contributed by atoms with van der Waals surface area (Å²) < 4.78 is 5.71. The maximum Gasteiger partial charge on any atom is 0.253 e. The summed E-state index contributed by atoms with van der Waals surface area (Å²) in [6, 6.07) is 1.55. The zero-order valence-corrected chi connectivity index (χ0v) is 9.80. The predicted molar refractivity (Wildman–Crippen MR) is 58.5 cm³/mol. The van der Waals surface area contributed by atoms with Crippen molar-refractivity contribution in [1.29, 1.82) is 0 Å². The van der Waals surface area contributed by atoms with E-state index >= 15 is 0 Å². The Balaban J connectivity index is 2.56. The van der Waals surface area contributed by atoms with Crippen molar-refractivity contribution in [2.45, 2.75) is 0 Å². The zero-order chi connectivity index (χ0) is 10.6. The highest BCUT2D eigenvalue weighted by molar-refractivity contribution is 7.20. The van der Waals surface area contributed by atoms with Crippen molar-refractivity contribution in [2.24, 2.45) is 0 Å². The van der Waals surface area contributed by atoms with Crippen molar-refractivity contribution in [3.8, 4) is 0 Å². The van der Waals surface area contributed by atoms with Crippen LogP contribution in [0.2, 0.25) is 8.67 Å². The van der Waals surface area contributed by atoms with Crippen LogP contribution in [-0.2, 0) is 4.74 Å². The molecule has 0 aromatic carbocycles. The summed E-state index contributed by atoms with van der Waals surface area (Å²) in [7, 11) is 1.57. The van der Waals surface area contributed by atoms with Crippen molar-refractivity contribution in [3.63, 3.8) is 0 Å². The third-order valence-electron chi connectivity index (χ3n) is 1.49. The van der Waals surface area contributed by atoms with Gasteiger partial charge in [-0.25, -0.2) is 0 Å². The average molecular weight is 254 g/mol. The lowest BCUT2D eigenvalue weighted by molar-refractivity contribution is 0.0937. The lowest BCUT2D eigenvalue weighted by Crippen LogP contribution is -2.26. The van der Waals surface area contributed by atoms with E-state index in [-0.39, 0.29) is 5.91 Å². The van der Waals surface area contributed by atoms with Crippen molar-refractivity contribution in [1.82, 2.24) is 5.32 Å². The van der Waals surface area contributed by atoms with Gasteiger partial charge in [0.2, 0.25) is 0 Å². The first-order chi connectivity index (χ1) is 6.65. The van der Waals surface area contributed by atoms with Crippen LogP contribution >= 0.6 is 34.5 Å². The summed E-state index contributed by atoms with van der Waals surface area (Å²) in [6.45, 7) is 0.931. The number of halogens is 2. The fourth-order valence-corrected chi connectivity index (χ4v) is 2.32. The molecule has 0 unspecified atom stereocenters. The molecule has 0 spiro atoms. The van der Waals surface area contributed by atoms with E-state index in [2.05, 4.69) is 5.32 Å². The molecule has 0 saturated carbocycles. The summed E-state index contributed by atoms with van der Waals surface area (Å²) in [6.07, 6.45) is 0. The van der Waals surface area contributed by atoms with Crippen LogP contribution in [0.5, 0.6) is 0 Å². The maximum absolute atomic E-state index is 11.5. The number of rotatable bonds is 4. The van der Waals surface area contributed by atoms with Gasteiger partial charge >= 0.3 is 0 Å². The van der Waals surface area contributed by atoms with Gasteiger partial charge in [-0.2, -0.15) is 0 Å². The molecular formula is C8H9Cl2NO2S. The van der Waals surface area contributed by atoms with E-state index in [0.29, 0.717) is 27.4 Å². The quantitative estimate of drug-likeness (QED) is 0.838. The first kappa shape index (κ1) is 11.8. The van der Waals surface area contributed by atoms with E-state index in [1.807, 2.05) is 0 Å². The standard InChI is InChI=1S/C8H9Cl2NO2S/c1-13-3-2-11-8(12)5-4-6(9)14-7(5)10/h4H,2-3H2,1H3,(H,11,12). The van der Waals surface area contributed by atoms with E-state index < -0.39 is 0 Å². The molecule has 0 saturated heterocycles. The highest BCUT2D eigenvalue weighted by Crippen LogP contribution is 2.30. The van der Waals surface area contributed by atoms with Gasteiger partial charge in [0, 0.05) is 13.7 Å². The molecule has 0 radical (unpaired) electrons. The smallest absolute Gasteiger partial charge is 0.253 e. The van der Waals surface area contributed by atoms with E-state index in [4.69, 9.17) is 27.9 Å². The Kier molecular flexibility index (Phi) is 4.68. The zero-order valence-electron chi connectivity index (χ0n) is 7.47. The van der Waals surface area contributed by atoms with Crippen LogP contribution in [0, 0.1) is 0 Å². The number of thiophene rings is 1. The molecule has 0 bridgehead atoms. The number of ether oxygens (including phenoxy) is 1. The van der Waals surface area contributed by atoms with E-state index in [1.54, 1.807) is 13.2 Å². The molecule has 1 N–H and O–H groups in total. The first-order valence-corrected chi connectivity index (χ1v) is 5.44. The molecule has 1 aromatic rings. The minimum atomic E-state index is -0.227. The predicted octanol–water partition coefficient (Wildman–Crippen LogP) is 2.43. The van der Waals surface area contributed by atoms with Crippen LogP contribution in [0.15, 0.2) is 6.07 Å². The van der Waals surface area contributed by atoms with Crippen molar-refractivity contribution in [2.75, 3.05) is 20.3 Å². The molecule has 1 amide bonds. The lowest BCUT2D eigenvalue weighted by Gasteiger charge is -2.02. The number of methoxy groups -OCH3 is 1. The number of carbonyl (C=O) groups excluding carboxylic acids is 1. The molecule has 0 aliphatic rings.